The van der Waals surface area contributed by atoms with Crippen LogP contribution < -0.4 is 5.73 Å². The lowest BCUT2D eigenvalue weighted by molar-refractivity contribution is -0.149. The Bertz CT molecular complexity index is 213. The second kappa shape index (κ2) is 5.47. The van der Waals surface area contributed by atoms with Crippen molar-refractivity contribution in [1.82, 2.24) is 4.90 Å². The predicted octanol–water partition coefficient (Wildman–Crippen LogP) is 0.812. The molecule has 0 aliphatic carbocycles. The van der Waals surface area contributed by atoms with E-state index in [0.29, 0.717) is 5.92 Å². The van der Waals surface area contributed by atoms with Gasteiger partial charge in [-0.1, -0.05) is 6.92 Å². The molecule has 15 heavy (non-hydrogen) atoms. The van der Waals surface area contributed by atoms with Gasteiger partial charge in [-0.05, 0) is 38.9 Å². The fourth-order valence-corrected chi connectivity index (χ4v) is 2.12. The van der Waals surface area contributed by atoms with Gasteiger partial charge in [0.1, 0.15) is 0 Å². The van der Waals surface area contributed by atoms with Gasteiger partial charge < -0.3 is 9.64 Å². The van der Waals surface area contributed by atoms with Crippen LogP contribution in [0.5, 0.6) is 0 Å². The average molecular weight is 214 g/mol. The van der Waals surface area contributed by atoms with Crippen molar-refractivity contribution in [2.24, 2.45) is 17.6 Å². The highest BCUT2D eigenvalue weighted by molar-refractivity contribution is 5.66. The molecule has 4 nitrogen and oxygen atoms in total. The minimum atomic E-state index is -0.448. The minimum Gasteiger partial charge on any atom is -0.447 e. The van der Waals surface area contributed by atoms with E-state index >= 15 is 0 Å². The number of ether oxygens (including phenoxy) is 1. The molecule has 0 saturated carbocycles. The Balaban J connectivity index is 2.38. The second-order valence-electron chi connectivity index (χ2n) is 4.57. The van der Waals surface area contributed by atoms with Gasteiger partial charge in [-0.15, -0.1) is 0 Å². The van der Waals surface area contributed by atoms with Crippen LogP contribution in [0.4, 0.5) is 0 Å². The average Bonchev–Trinajstić information content (AvgIpc) is 2.17. The summed E-state index contributed by atoms with van der Waals surface area (Å²) in [7, 11) is 2.13. The van der Waals surface area contributed by atoms with Gasteiger partial charge in [-0.2, -0.15) is 0 Å². The number of hydrogen-bond donors (Lipinski definition) is 1. The number of esters is 1. The third-order valence-electron chi connectivity index (χ3n) is 3.33. The molecule has 4 heteroatoms. The quantitative estimate of drug-likeness (QED) is 0.558. The number of piperidine rings is 1. The Morgan fingerprint density at radius 1 is 1.47 bits per heavy atom. The van der Waals surface area contributed by atoms with Gasteiger partial charge in [0.2, 0.25) is 0 Å². The normalized spacial score (nSPS) is 23.5. The van der Waals surface area contributed by atoms with Crippen LogP contribution >= 0.6 is 0 Å². The third kappa shape index (κ3) is 3.80. The van der Waals surface area contributed by atoms with Crippen molar-refractivity contribution in [3.8, 4) is 0 Å². The van der Waals surface area contributed by atoms with E-state index in [-0.39, 0.29) is 11.9 Å². The molecule has 0 bridgehead atoms. The predicted molar refractivity (Wildman–Crippen MR) is 59.1 cm³/mol. The van der Waals surface area contributed by atoms with Crippen LogP contribution in [0.3, 0.4) is 0 Å². The molecular formula is C11H22N2O2. The highest BCUT2D eigenvalue weighted by atomic mass is 16.6. The van der Waals surface area contributed by atoms with Gasteiger partial charge in [0.15, 0.2) is 6.23 Å². The van der Waals surface area contributed by atoms with E-state index in [1.165, 1.54) is 6.92 Å². The summed E-state index contributed by atoms with van der Waals surface area (Å²) in [4.78, 5) is 13.1. The standard InChI is InChI=1S/C11H22N2O2/c1-8(11(12)15-9(2)14)10-4-6-13(3)7-5-10/h8,10-11H,4-7,12H2,1-3H3. The summed E-state index contributed by atoms with van der Waals surface area (Å²) in [5.74, 6) is 0.542. The molecule has 2 unspecified atom stereocenters. The van der Waals surface area contributed by atoms with E-state index in [0.717, 1.165) is 25.9 Å². The highest BCUT2D eigenvalue weighted by Gasteiger charge is 2.27. The molecule has 1 heterocycles. The molecule has 1 rings (SSSR count). The summed E-state index contributed by atoms with van der Waals surface area (Å²) in [5, 5.41) is 0. The molecule has 1 fully saturated rings. The molecule has 0 aromatic rings. The smallest absolute Gasteiger partial charge is 0.304 e. The van der Waals surface area contributed by atoms with Crippen molar-refractivity contribution in [1.29, 1.82) is 0 Å². The first-order valence-electron chi connectivity index (χ1n) is 5.62. The topological polar surface area (TPSA) is 55.6 Å². The molecule has 0 aromatic carbocycles. The monoisotopic (exact) mass is 214 g/mol. The molecule has 2 N–H and O–H groups in total. The van der Waals surface area contributed by atoms with E-state index in [9.17, 15) is 4.79 Å². The number of nitrogens with two attached hydrogens (primary N) is 1. The van der Waals surface area contributed by atoms with Crippen LogP contribution in [-0.2, 0) is 9.53 Å². The molecule has 1 aliphatic heterocycles. The van der Waals surface area contributed by atoms with E-state index in [2.05, 4.69) is 18.9 Å². The Labute approximate surface area is 91.8 Å². The summed E-state index contributed by atoms with van der Waals surface area (Å²) >= 11 is 0. The van der Waals surface area contributed by atoms with Crippen molar-refractivity contribution in [2.75, 3.05) is 20.1 Å². The van der Waals surface area contributed by atoms with Crippen LogP contribution in [0.15, 0.2) is 0 Å². The van der Waals surface area contributed by atoms with Crippen molar-refractivity contribution >= 4 is 5.97 Å². The third-order valence-corrected chi connectivity index (χ3v) is 3.33. The molecular weight excluding hydrogens is 192 g/mol. The number of hydrogen-bond acceptors (Lipinski definition) is 4. The van der Waals surface area contributed by atoms with Crippen molar-refractivity contribution in [3.05, 3.63) is 0 Å². The Morgan fingerprint density at radius 2 is 2.00 bits per heavy atom. The van der Waals surface area contributed by atoms with E-state index < -0.39 is 6.23 Å². The zero-order chi connectivity index (χ0) is 11.4. The number of carbonyl (C=O) groups is 1. The minimum absolute atomic E-state index is 0.252. The summed E-state index contributed by atoms with van der Waals surface area (Å²) in [6.07, 6.45) is 1.84. The summed E-state index contributed by atoms with van der Waals surface area (Å²) in [5.41, 5.74) is 5.83. The Morgan fingerprint density at radius 3 is 2.47 bits per heavy atom. The molecule has 0 radical (unpaired) electrons. The van der Waals surface area contributed by atoms with Crippen LogP contribution in [0.25, 0.3) is 0 Å². The maximum absolute atomic E-state index is 10.8. The van der Waals surface area contributed by atoms with Gasteiger partial charge >= 0.3 is 5.97 Å². The SMILES string of the molecule is CC(=O)OC(N)C(C)C1CCN(C)CC1. The zero-order valence-corrected chi connectivity index (χ0v) is 9.90. The molecule has 1 saturated heterocycles. The van der Waals surface area contributed by atoms with Crippen LogP contribution in [-0.4, -0.2) is 37.2 Å². The van der Waals surface area contributed by atoms with Crippen molar-refractivity contribution in [2.45, 2.75) is 32.9 Å². The Kier molecular flexibility index (Phi) is 4.54. The maximum Gasteiger partial charge on any atom is 0.304 e. The first kappa shape index (κ1) is 12.5. The largest absolute Gasteiger partial charge is 0.447 e. The van der Waals surface area contributed by atoms with Gasteiger partial charge in [0.25, 0.3) is 0 Å². The maximum atomic E-state index is 10.8. The van der Waals surface area contributed by atoms with E-state index in [4.69, 9.17) is 10.5 Å². The fraction of sp³-hybridized carbons (Fsp3) is 0.909. The van der Waals surface area contributed by atoms with Crippen LogP contribution in [0.1, 0.15) is 26.7 Å². The van der Waals surface area contributed by atoms with Crippen LogP contribution in [0.2, 0.25) is 0 Å². The molecule has 0 spiro atoms. The highest BCUT2D eigenvalue weighted by Crippen LogP contribution is 2.26. The van der Waals surface area contributed by atoms with Crippen LogP contribution in [0, 0.1) is 11.8 Å². The van der Waals surface area contributed by atoms with E-state index in [1.807, 2.05) is 0 Å². The molecule has 0 amide bonds. The van der Waals surface area contributed by atoms with Crippen molar-refractivity contribution in [3.63, 3.8) is 0 Å². The van der Waals surface area contributed by atoms with E-state index in [1.54, 1.807) is 0 Å². The van der Waals surface area contributed by atoms with Gasteiger partial charge in [-0.3, -0.25) is 10.5 Å². The van der Waals surface area contributed by atoms with Gasteiger partial charge in [0.05, 0.1) is 0 Å². The number of nitrogens with zero attached hydrogens (tertiary/aromatic N) is 1. The number of rotatable bonds is 3. The van der Waals surface area contributed by atoms with Gasteiger partial charge in [-0.25, -0.2) is 0 Å². The Hall–Kier alpha value is -0.610. The molecule has 0 aromatic heterocycles. The van der Waals surface area contributed by atoms with Gasteiger partial charge in [0, 0.05) is 12.8 Å². The number of likely N-dealkylation sites (tertiary alicyclic amines) is 1. The first-order chi connectivity index (χ1) is 7.00. The second-order valence-corrected chi connectivity index (χ2v) is 4.57. The summed E-state index contributed by atoms with van der Waals surface area (Å²) in [6.45, 7) is 5.70. The zero-order valence-electron chi connectivity index (χ0n) is 9.90. The first-order valence-corrected chi connectivity index (χ1v) is 5.62. The van der Waals surface area contributed by atoms with Crippen molar-refractivity contribution < 1.29 is 9.53 Å². The fourth-order valence-electron chi connectivity index (χ4n) is 2.12. The summed E-state index contributed by atoms with van der Waals surface area (Å²) < 4.78 is 5.02. The molecule has 2 atom stereocenters. The lowest BCUT2D eigenvalue weighted by Gasteiger charge is -2.34. The molecule has 1 aliphatic rings. The lowest BCUT2D eigenvalue weighted by atomic mass is 9.84. The molecule has 88 valence electrons. The summed E-state index contributed by atoms with van der Waals surface area (Å²) in [6, 6.07) is 0. The lowest BCUT2D eigenvalue weighted by Crippen LogP contribution is -2.41. The number of carbonyl (C=O) groups excluding carboxylic acids is 1.